The number of rotatable bonds is 1. The van der Waals surface area contributed by atoms with Gasteiger partial charge in [0.15, 0.2) is 17.0 Å². The highest BCUT2D eigenvalue weighted by Crippen LogP contribution is 2.43. The van der Waals surface area contributed by atoms with Crippen LogP contribution in [0, 0.1) is 5.82 Å². The van der Waals surface area contributed by atoms with E-state index in [0.717, 1.165) is 12.5 Å². The van der Waals surface area contributed by atoms with Crippen LogP contribution in [0.3, 0.4) is 0 Å². The summed E-state index contributed by atoms with van der Waals surface area (Å²) in [6.45, 7) is 5.08. The van der Waals surface area contributed by atoms with Gasteiger partial charge in [0.2, 0.25) is 11.1 Å². The van der Waals surface area contributed by atoms with Crippen molar-refractivity contribution in [3.63, 3.8) is 0 Å². The Balaban J connectivity index is 1.97. The van der Waals surface area contributed by atoms with Crippen molar-refractivity contribution in [2.45, 2.75) is 12.5 Å². The Morgan fingerprint density at radius 1 is 1.38 bits per heavy atom. The number of nitrogens with two attached hydrogens (primary N) is 1. The zero-order chi connectivity index (χ0) is 18.2. The van der Waals surface area contributed by atoms with E-state index in [9.17, 15) is 14.0 Å². The van der Waals surface area contributed by atoms with Gasteiger partial charge in [-0.15, -0.1) is 0 Å². The monoisotopic (exact) mass is 358 g/mol. The summed E-state index contributed by atoms with van der Waals surface area (Å²) in [5, 5.41) is 2.05. The lowest BCUT2D eigenvalue weighted by atomic mass is 10.1. The third kappa shape index (κ3) is 1.80. The molecule has 1 atom stereocenters. The number of hydrogen-bond donors (Lipinski definition) is 2. The van der Waals surface area contributed by atoms with Gasteiger partial charge in [0, 0.05) is 19.1 Å². The molecule has 4 heterocycles. The zero-order valence-corrected chi connectivity index (χ0v) is 13.7. The van der Waals surface area contributed by atoms with Crippen LogP contribution in [-0.4, -0.2) is 35.5 Å². The molecule has 9 heteroatoms. The molecule has 8 nitrogen and oxygen atoms in total. The number of aromatic nitrogens is 2. The van der Waals surface area contributed by atoms with Crippen LogP contribution in [0.2, 0.25) is 0 Å². The molecule has 1 aromatic carbocycles. The molecule has 2 aliphatic rings. The molecule has 26 heavy (non-hydrogen) atoms. The predicted octanol–water partition coefficient (Wildman–Crippen LogP) is 0.976. The van der Waals surface area contributed by atoms with Gasteiger partial charge in [0.25, 0.3) is 5.56 Å². The molecule has 2 aromatic heterocycles. The molecule has 1 fully saturated rings. The van der Waals surface area contributed by atoms with Crippen molar-refractivity contribution in [1.29, 1.82) is 0 Å². The third-order valence-electron chi connectivity index (χ3n) is 5.00. The van der Waals surface area contributed by atoms with Gasteiger partial charge in [-0.1, -0.05) is 6.58 Å². The maximum atomic E-state index is 15.0. The fourth-order valence-corrected chi connectivity index (χ4v) is 3.83. The summed E-state index contributed by atoms with van der Waals surface area (Å²) >= 11 is 0. The second kappa shape index (κ2) is 4.98. The fourth-order valence-electron chi connectivity index (χ4n) is 3.83. The molecule has 0 amide bonds. The van der Waals surface area contributed by atoms with E-state index in [2.05, 4.69) is 11.7 Å². The van der Waals surface area contributed by atoms with Crippen LogP contribution in [0.4, 0.5) is 10.1 Å². The quantitative estimate of drug-likeness (QED) is 0.672. The third-order valence-corrected chi connectivity index (χ3v) is 5.00. The Morgan fingerprint density at radius 3 is 2.92 bits per heavy atom. The largest absolute Gasteiger partial charge is 0.483 e. The molecule has 0 aliphatic carbocycles. The second-order valence-electron chi connectivity index (χ2n) is 6.66. The Hall–Kier alpha value is -3.07. The normalized spacial score (nSPS) is 19.5. The van der Waals surface area contributed by atoms with E-state index >= 15 is 0 Å². The van der Waals surface area contributed by atoms with Crippen LogP contribution >= 0.6 is 0 Å². The van der Waals surface area contributed by atoms with Gasteiger partial charge in [-0.3, -0.25) is 14.2 Å². The van der Waals surface area contributed by atoms with Gasteiger partial charge in [-0.25, -0.2) is 4.39 Å². The van der Waals surface area contributed by atoms with E-state index < -0.39 is 16.8 Å². The highest BCUT2D eigenvalue weighted by molar-refractivity contribution is 6.01. The summed E-state index contributed by atoms with van der Waals surface area (Å²) in [7, 11) is 0. The second-order valence-corrected chi connectivity index (χ2v) is 6.66. The maximum absolute atomic E-state index is 15.0. The minimum atomic E-state index is -0.661. The molecule has 2 aliphatic heterocycles. The molecule has 5 rings (SSSR count). The molecule has 1 saturated heterocycles. The molecule has 3 aromatic rings. The number of anilines is 1. The summed E-state index contributed by atoms with van der Waals surface area (Å²) in [6, 6.07) is 1.09. The summed E-state index contributed by atoms with van der Waals surface area (Å²) in [6.07, 6.45) is 0.738. The van der Waals surface area contributed by atoms with Crippen LogP contribution < -0.4 is 26.4 Å². The first-order chi connectivity index (χ1) is 12.5. The number of nitrogens with zero attached hydrogens (tertiary/aromatic N) is 2. The summed E-state index contributed by atoms with van der Waals surface area (Å²) < 4.78 is 27.5. The minimum absolute atomic E-state index is 0.0463. The molecule has 0 bridgehead atoms. The Kier molecular flexibility index (Phi) is 2.91. The number of fused-ring (bicyclic) bond motifs is 2. The van der Waals surface area contributed by atoms with E-state index in [-0.39, 0.29) is 40.6 Å². The van der Waals surface area contributed by atoms with Crippen molar-refractivity contribution in [2.75, 3.05) is 24.6 Å². The molecule has 0 radical (unpaired) electrons. The first-order valence-electron chi connectivity index (χ1n) is 8.21. The van der Waals surface area contributed by atoms with Gasteiger partial charge in [0.05, 0.1) is 11.1 Å². The number of aromatic amines is 1. The highest BCUT2D eigenvalue weighted by atomic mass is 19.1. The van der Waals surface area contributed by atoms with E-state index in [0.29, 0.717) is 24.3 Å². The van der Waals surface area contributed by atoms with Crippen LogP contribution in [0.25, 0.3) is 27.7 Å². The smallest absolute Gasteiger partial charge is 0.293 e. The van der Waals surface area contributed by atoms with Crippen molar-refractivity contribution >= 4 is 33.4 Å². The van der Waals surface area contributed by atoms with E-state index in [4.69, 9.17) is 15.0 Å². The van der Waals surface area contributed by atoms with Crippen LogP contribution in [0.15, 0.2) is 26.8 Å². The molecule has 3 N–H and O–H groups in total. The molecule has 0 spiro atoms. The van der Waals surface area contributed by atoms with Crippen LogP contribution in [0.1, 0.15) is 6.42 Å². The Morgan fingerprint density at radius 2 is 2.19 bits per heavy atom. The number of ether oxygens (including phenoxy) is 1. The minimum Gasteiger partial charge on any atom is -0.483 e. The van der Waals surface area contributed by atoms with Gasteiger partial charge >= 0.3 is 0 Å². The zero-order valence-electron chi connectivity index (χ0n) is 13.7. The van der Waals surface area contributed by atoms with Gasteiger partial charge in [-0.2, -0.15) is 5.16 Å². The summed E-state index contributed by atoms with van der Waals surface area (Å²) in [5.41, 5.74) is 5.83. The number of hydrogen-bond acceptors (Lipinski definition) is 6. The summed E-state index contributed by atoms with van der Waals surface area (Å²) in [4.78, 5) is 26.6. The SMILES string of the molecule is C=C1COc2c(N3CCC(N)C3)c(F)cc3c(=O)c4c(=O)[nH]oc4n1c23. The lowest BCUT2D eigenvalue weighted by Gasteiger charge is -2.28. The number of nitrogens with one attached hydrogen (secondary N) is 1. The topological polar surface area (TPSA) is 106 Å². The van der Waals surface area contributed by atoms with E-state index in [1.807, 2.05) is 4.90 Å². The van der Waals surface area contributed by atoms with E-state index in [1.54, 1.807) is 4.57 Å². The highest BCUT2D eigenvalue weighted by Gasteiger charge is 2.32. The molecule has 0 saturated carbocycles. The molecular weight excluding hydrogens is 343 g/mol. The predicted molar refractivity (Wildman–Crippen MR) is 94.2 cm³/mol. The standard InChI is InChI=1S/C17H15FN4O4/c1-7-6-25-15-12-9(4-10(18)13(15)21-3-2-8(19)5-21)14(23)11-16(24)20-26-17(11)22(7)12/h4,8H,1-3,5-6,19H2,(H,20,24). The molecular formula is C17H15FN4O4. The maximum Gasteiger partial charge on any atom is 0.293 e. The number of H-pyrrole nitrogens is 1. The first-order valence-corrected chi connectivity index (χ1v) is 8.21. The lowest BCUT2D eigenvalue weighted by molar-refractivity contribution is 0.354. The average molecular weight is 358 g/mol. The van der Waals surface area contributed by atoms with Gasteiger partial charge < -0.3 is 19.9 Å². The first kappa shape index (κ1) is 15.2. The Bertz CT molecular complexity index is 1220. The number of benzene rings is 1. The van der Waals surface area contributed by atoms with Gasteiger partial charge in [0.1, 0.15) is 17.8 Å². The van der Waals surface area contributed by atoms with Crippen molar-refractivity contribution in [3.8, 4) is 5.75 Å². The summed E-state index contributed by atoms with van der Waals surface area (Å²) in [5.74, 6) is -0.346. The Labute approximate surface area is 145 Å². The van der Waals surface area contributed by atoms with Crippen molar-refractivity contribution in [1.82, 2.24) is 9.72 Å². The lowest BCUT2D eigenvalue weighted by Crippen LogP contribution is -2.29. The molecule has 134 valence electrons. The van der Waals surface area contributed by atoms with E-state index in [1.165, 1.54) is 0 Å². The fraction of sp³-hybridized carbons (Fsp3) is 0.294. The van der Waals surface area contributed by atoms with Gasteiger partial charge in [-0.05, 0) is 12.5 Å². The van der Waals surface area contributed by atoms with Crippen molar-refractivity contribution in [2.24, 2.45) is 5.73 Å². The van der Waals surface area contributed by atoms with Crippen molar-refractivity contribution < 1.29 is 13.7 Å². The van der Waals surface area contributed by atoms with Crippen molar-refractivity contribution in [3.05, 3.63) is 39.0 Å². The van der Waals surface area contributed by atoms with Crippen LogP contribution in [0.5, 0.6) is 5.75 Å². The number of halogens is 1. The molecule has 1 unspecified atom stereocenters. The average Bonchev–Trinajstić information content (AvgIpc) is 3.19. The van der Waals surface area contributed by atoms with Crippen LogP contribution in [-0.2, 0) is 0 Å². The number of pyridine rings is 1.